The Hall–Kier alpha value is -4.10. The summed E-state index contributed by atoms with van der Waals surface area (Å²) in [6.45, 7) is 12.6. The van der Waals surface area contributed by atoms with Crippen LogP contribution in [-0.4, -0.2) is 78.0 Å². The summed E-state index contributed by atoms with van der Waals surface area (Å²) in [5.74, 6) is 0.901. The van der Waals surface area contributed by atoms with Crippen LogP contribution in [0.4, 0.5) is 16.3 Å². The van der Waals surface area contributed by atoms with Crippen LogP contribution in [-0.2, 0) is 17.7 Å². The summed E-state index contributed by atoms with van der Waals surface area (Å²) < 4.78 is 12.0. The van der Waals surface area contributed by atoms with E-state index in [4.69, 9.17) is 19.4 Å². The van der Waals surface area contributed by atoms with Gasteiger partial charge in [-0.3, -0.25) is 0 Å². The van der Waals surface area contributed by atoms with Crippen molar-refractivity contribution in [1.82, 2.24) is 20.2 Å². The van der Waals surface area contributed by atoms with Crippen LogP contribution in [0, 0.1) is 18.3 Å². The third-order valence-electron chi connectivity index (χ3n) is 8.76. The molecule has 0 radical (unpaired) electrons. The van der Waals surface area contributed by atoms with Crippen molar-refractivity contribution >= 4 is 28.4 Å². The number of rotatable bonds is 6. The highest BCUT2D eigenvalue weighted by molar-refractivity contribution is 5.97. The van der Waals surface area contributed by atoms with Crippen molar-refractivity contribution in [3.05, 3.63) is 53.2 Å². The number of anilines is 2. The third kappa shape index (κ3) is 6.39. The quantitative estimate of drug-likeness (QED) is 0.421. The molecule has 3 aliphatic rings. The molecule has 2 saturated heterocycles. The molecule has 2 atom stereocenters. The molecule has 0 saturated carbocycles. The molecule has 1 N–H and O–H groups in total. The van der Waals surface area contributed by atoms with E-state index in [9.17, 15) is 10.1 Å². The second kappa shape index (κ2) is 12.5. The van der Waals surface area contributed by atoms with Crippen LogP contribution in [0.15, 0.2) is 36.4 Å². The molecule has 2 aromatic carbocycles. The normalized spacial score (nSPS) is 20.4. The number of nitrogens with one attached hydrogen (secondary N) is 1. The number of fused-ring (bicyclic) bond motifs is 2. The van der Waals surface area contributed by atoms with Gasteiger partial charge in [-0.2, -0.15) is 15.2 Å². The van der Waals surface area contributed by atoms with Gasteiger partial charge in [-0.05, 0) is 64.0 Å². The van der Waals surface area contributed by atoms with E-state index >= 15 is 0 Å². The van der Waals surface area contributed by atoms with Gasteiger partial charge in [0.25, 0.3) is 0 Å². The first kappa shape index (κ1) is 29.9. The highest BCUT2D eigenvalue weighted by Crippen LogP contribution is 2.35. The van der Waals surface area contributed by atoms with Crippen molar-refractivity contribution in [3.8, 4) is 12.1 Å². The number of aromatic nitrogens is 2. The molecule has 0 aliphatic carbocycles. The Bertz CT molecular complexity index is 1560. The van der Waals surface area contributed by atoms with Gasteiger partial charge in [0.1, 0.15) is 18.0 Å². The Morgan fingerprint density at radius 2 is 1.93 bits per heavy atom. The van der Waals surface area contributed by atoms with E-state index in [1.165, 1.54) is 22.0 Å². The Kier molecular flexibility index (Phi) is 8.50. The van der Waals surface area contributed by atoms with Crippen LogP contribution in [0.2, 0.25) is 0 Å². The topological polar surface area (TPSA) is 107 Å². The fraction of sp³-hybridized carbons (Fsp3) is 0.529. The predicted molar refractivity (Wildman–Crippen MR) is 171 cm³/mol. The van der Waals surface area contributed by atoms with Gasteiger partial charge in [0.15, 0.2) is 0 Å². The SMILES string of the molecule is Cc1cccc2cccc(N3CCc4c(nc(OC[C@@H]5CCCN5C(=O)OC(C)(C)C)nc4N4CCN[C@@H](CC#N)C4)C3)c12. The van der Waals surface area contributed by atoms with Crippen LogP contribution in [0.3, 0.4) is 0 Å². The van der Waals surface area contributed by atoms with Crippen molar-refractivity contribution in [2.45, 2.75) is 77.6 Å². The van der Waals surface area contributed by atoms with Crippen molar-refractivity contribution in [2.24, 2.45) is 0 Å². The Balaban J connectivity index is 1.29. The molecule has 0 spiro atoms. The second-order valence-corrected chi connectivity index (χ2v) is 13.1. The second-order valence-electron chi connectivity index (χ2n) is 13.1. The van der Waals surface area contributed by atoms with Gasteiger partial charge in [0, 0.05) is 55.4 Å². The van der Waals surface area contributed by atoms with Gasteiger partial charge < -0.3 is 29.5 Å². The van der Waals surface area contributed by atoms with Gasteiger partial charge in [-0.25, -0.2) is 4.79 Å². The highest BCUT2D eigenvalue weighted by atomic mass is 16.6. The van der Waals surface area contributed by atoms with E-state index in [0.717, 1.165) is 56.0 Å². The number of carbonyl (C=O) groups is 1. The van der Waals surface area contributed by atoms with E-state index < -0.39 is 5.60 Å². The molecule has 10 nitrogen and oxygen atoms in total. The maximum absolute atomic E-state index is 12.9. The fourth-order valence-electron chi connectivity index (χ4n) is 6.69. The minimum absolute atomic E-state index is 0.0864. The van der Waals surface area contributed by atoms with Gasteiger partial charge in [-0.1, -0.05) is 30.3 Å². The molecule has 10 heteroatoms. The summed E-state index contributed by atoms with van der Waals surface area (Å²) in [4.78, 5) is 29.3. The summed E-state index contributed by atoms with van der Waals surface area (Å²) in [6, 6.07) is 15.6. The van der Waals surface area contributed by atoms with E-state index in [1.54, 1.807) is 4.90 Å². The number of aryl methyl sites for hydroxylation is 1. The maximum Gasteiger partial charge on any atom is 0.410 e. The molecular formula is C34H43N7O3. The van der Waals surface area contributed by atoms with Crippen LogP contribution >= 0.6 is 0 Å². The Labute approximate surface area is 260 Å². The molecule has 6 rings (SSSR count). The van der Waals surface area contributed by atoms with Crippen molar-refractivity contribution in [1.29, 1.82) is 5.26 Å². The van der Waals surface area contributed by atoms with Gasteiger partial charge >= 0.3 is 12.1 Å². The minimum atomic E-state index is -0.553. The van der Waals surface area contributed by atoms with Crippen LogP contribution in [0.5, 0.6) is 6.01 Å². The molecular weight excluding hydrogens is 554 g/mol. The van der Waals surface area contributed by atoms with Crippen LogP contribution < -0.4 is 19.9 Å². The van der Waals surface area contributed by atoms with E-state index in [1.807, 2.05) is 20.8 Å². The molecule has 4 heterocycles. The first-order valence-corrected chi connectivity index (χ1v) is 15.8. The van der Waals surface area contributed by atoms with Crippen molar-refractivity contribution in [2.75, 3.05) is 49.1 Å². The predicted octanol–water partition coefficient (Wildman–Crippen LogP) is 4.97. The van der Waals surface area contributed by atoms with Gasteiger partial charge in [0.05, 0.1) is 30.8 Å². The number of likely N-dealkylation sites (tertiary alicyclic amines) is 1. The van der Waals surface area contributed by atoms with E-state index in [-0.39, 0.29) is 18.2 Å². The summed E-state index contributed by atoms with van der Waals surface area (Å²) >= 11 is 0. The lowest BCUT2D eigenvalue weighted by Crippen LogP contribution is -2.51. The minimum Gasteiger partial charge on any atom is -0.461 e. The number of carbonyl (C=O) groups excluding carboxylic acids is 1. The van der Waals surface area contributed by atoms with Crippen molar-refractivity contribution in [3.63, 3.8) is 0 Å². The summed E-state index contributed by atoms with van der Waals surface area (Å²) in [5, 5.41) is 15.3. The number of nitrogens with zero attached hydrogens (tertiary/aromatic N) is 6. The standard InChI is InChI=1S/C34H43N7O3/c1-23-8-5-9-24-10-6-12-29(30(23)24)39-18-14-27-28(21-39)37-32(38-31(27)40-19-16-36-25(20-40)13-15-35)43-22-26-11-7-17-41(26)33(42)44-34(2,3)4/h5-6,8-10,12,25-26,36H,7,11,13-14,16-22H2,1-4H3/t25-,26-/m0/s1. The number of piperazine rings is 1. The zero-order valence-electron chi connectivity index (χ0n) is 26.3. The molecule has 0 unspecified atom stereocenters. The lowest BCUT2D eigenvalue weighted by molar-refractivity contribution is 0.0183. The largest absolute Gasteiger partial charge is 0.461 e. The molecule has 3 aromatic rings. The summed E-state index contributed by atoms with van der Waals surface area (Å²) in [7, 11) is 0. The number of amides is 1. The zero-order chi connectivity index (χ0) is 30.8. The van der Waals surface area contributed by atoms with Gasteiger partial charge in [-0.15, -0.1) is 0 Å². The first-order valence-electron chi connectivity index (χ1n) is 15.8. The van der Waals surface area contributed by atoms with Gasteiger partial charge in [0.2, 0.25) is 0 Å². The third-order valence-corrected chi connectivity index (χ3v) is 8.76. The smallest absolute Gasteiger partial charge is 0.410 e. The number of ether oxygens (including phenoxy) is 2. The molecule has 3 aliphatic heterocycles. The number of hydrogen-bond donors (Lipinski definition) is 1. The van der Waals surface area contributed by atoms with E-state index in [0.29, 0.717) is 38.7 Å². The summed E-state index contributed by atoms with van der Waals surface area (Å²) in [5.41, 5.74) is 4.03. The van der Waals surface area contributed by atoms with E-state index in [2.05, 4.69) is 64.5 Å². The average molecular weight is 598 g/mol. The average Bonchev–Trinajstić information content (AvgIpc) is 3.48. The number of nitriles is 1. The highest BCUT2D eigenvalue weighted by Gasteiger charge is 2.34. The molecule has 0 bridgehead atoms. The molecule has 44 heavy (non-hydrogen) atoms. The first-order chi connectivity index (χ1) is 21.2. The fourth-order valence-corrected chi connectivity index (χ4v) is 6.69. The lowest BCUT2D eigenvalue weighted by Gasteiger charge is -2.37. The molecule has 232 valence electrons. The Morgan fingerprint density at radius 3 is 2.73 bits per heavy atom. The monoisotopic (exact) mass is 597 g/mol. The zero-order valence-corrected chi connectivity index (χ0v) is 26.3. The lowest BCUT2D eigenvalue weighted by atomic mass is 9.99. The molecule has 1 aromatic heterocycles. The maximum atomic E-state index is 12.9. The number of hydrogen-bond acceptors (Lipinski definition) is 9. The Morgan fingerprint density at radius 1 is 1.11 bits per heavy atom. The molecule has 1 amide bonds. The van der Waals surface area contributed by atoms with Crippen LogP contribution in [0.25, 0.3) is 10.8 Å². The van der Waals surface area contributed by atoms with Crippen LogP contribution in [0.1, 0.15) is 56.9 Å². The molecule has 2 fully saturated rings. The van der Waals surface area contributed by atoms with Crippen molar-refractivity contribution < 1.29 is 14.3 Å². The summed E-state index contributed by atoms with van der Waals surface area (Å²) in [6.07, 6.45) is 2.71. The number of benzene rings is 2.